The van der Waals surface area contributed by atoms with Gasteiger partial charge >= 0.3 is 0 Å². The van der Waals surface area contributed by atoms with Crippen molar-refractivity contribution >= 4 is 23.9 Å². The molecule has 1 atom stereocenters. The molecule has 6 heteroatoms. The summed E-state index contributed by atoms with van der Waals surface area (Å²) in [6.07, 6.45) is 1.55. The highest BCUT2D eigenvalue weighted by atomic mass is 16.2. The molecule has 1 heterocycles. The van der Waals surface area contributed by atoms with Crippen LogP contribution in [0.5, 0.6) is 0 Å². The molecule has 0 bridgehead atoms. The number of carbonyl (C=O) groups excluding carboxylic acids is 3. The number of amides is 3. The van der Waals surface area contributed by atoms with Crippen LogP contribution >= 0.6 is 0 Å². The van der Waals surface area contributed by atoms with Crippen LogP contribution in [0.2, 0.25) is 0 Å². The van der Waals surface area contributed by atoms with Gasteiger partial charge in [0, 0.05) is 31.7 Å². The molecule has 1 unspecified atom stereocenters. The minimum Gasteiger partial charge on any atom is -0.359 e. The lowest BCUT2D eigenvalue weighted by molar-refractivity contribution is -0.126. The standard InChI is InChI=1S/C16H21N3O3/c1-12-3-5-14(6-4-12)19-10-13(9-15(19)21)16(22)18-8-2-7-17-11-20/h3-6,11,13H,2,7-10H2,1H3,(H,17,20)(H,18,22). The third kappa shape index (κ3) is 4.07. The van der Waals surface area contributed by atoms with Gasteiger partial charge in [-0.2, -0.15) is 0 Å². The van der Waals surface area contributed by atoms with Crippen molar-refractivity contribution < 1.29 is 14.4 Å². The zero-order chi connectivity index (χ0) is 15.9. The van der Waals surface area contributed by atoms with Gasteiger partial charge in [0.2, 0.25) is 18.2 Å². The van der Waals surface area contributed by atoms with Gasteiger partial charge in [0.25, 0.3) is 0 Å². The molecule has 2 N–H and O–H groups in total. The Morgan fingerprint density at radius 3 is 2.73 bits per heavy atom. The van der Waals surface area contributed by atoms with E-state index in [4.69, 9.17) is 0 Å². The van der Waals surface area contributed by atoms with Crippen molar-refractivity contribution in [1.82, 2.24) is 10.6 Å². The summed E-state index contributed by atoms with van der Waals surface area (Å²) in [5.74, 6) is -0.437. The van der Waals surface area contributed by atoms with Crippen molar-refractivity contribution in [1.29, 1.82) is 0 Å². The SMILES string of the molecule is Cc1ccc(N2CC(C(=O)NCCCNC=O)CC2=O)cc1. The predicted octanol–water partition coefficient (Wildman–Crippen LogP) is 0.600. The van der Waals surface area contributed by atoms with Crippen molar-refractivity contribution in [2.75, 3.05) is 24.5 Å². The number of hydrogen-bond donors (Lipinski definition) is 2. The Bertz CT molecular complexity index is 542. The molecule has 1 aliphatic rings. The Kier molecular flexibility index (Phi) is 5.52. The van der Waals surface area contributed by atoms with E-state index in [1.165, 1.54) is 0 Å². The number of nitrogens with one attached hydrogen (secondary N) is 2. The predicted molar refractivity (Wildman–Crippen MR) is 83.3 cm³/mol. The van der Waals surface area contributed by atoms with Gasteiger partial charge in [-0.15, -0.1) is 0 Å². The van der Waals surface area contributed by atoms with Crippen molar-refractivity contribution in [2.24, 2.45) is 5.92 Å². The second kappa shape index (κ2) is 7.59. The van der Waals surface area contributed by atoms with Crippen molar-refractivity contribution in [3.63, 3.8) is 0 Å². The first-order valence-corrected chi connectivity index (χ1v) is 7.43. The molecule has 1 fully saturated rings. The number of carbonyl (C=O) groups is 3. The maximum Gasteiger partial charge on any atom is 0.227 e. The van der Waals surface area contributed by atoms with E-state index in [0.29, 0.717) is 32.5 Å². The first-order valence-electron chi connectivity index (χ1n) is 7.43. The van der Waals surface area contributed by atoms with Crippen LogP contribution in [0.4, 0.5) is 5.69 Å². The van der Waals surface area contributed by atoms with Crippen LogP contribution in [-0.2, 0) is 14.4 Å². The van der Waals surface area contributed by atoms with E-state index in [2.05, 4.69) is 10.6 Å². The average Bonchev–Trinajstić information content (AvgIpc) is 2.90. The fraction of sp³-hybridized carbons (Fsp3) is 0.438. The topological polar surface area (TPSA) is 78.5 Å². The lowest BCUT2D eigenvalue weighted by Gasteiger charge is -2.17. The molecule has 118 valence electrons. The third-order valence-electron chi connectivity index (χ3n) is 3.72. The van der Waals surface area contributed by atoms with Crippen LogP contribution in [0.3, 0.4) is 0 Å². The highest BCUT2D eigenvalue weighted by Crippen LogP contribution is 2.25. The first-order chi connectivity index (χ1) is 10.6. The Labute approximate surface area is 129 Å². The Hall–Kier alpha value is -2.37. The van der Waals surface area contributed by atoms with Crippen molar-refractivity contribution in [3.05, 3.63) is 29.8 Å². The molecule has 2 rings (SSSR count). The molecule has 0 aromatic heterocycles. The van der Waals surface area contributed by atoms with Crippen LogP contribution in [0.15, 0.2) is 24.3 Å². The fourth-order valence-electron chi connectivity index (χ4n) is 2.46. The van der Waals surface area contributed by atoms with Gasteiger partial charge in [-0.1, -0.05) is 17.7 Å². The summed E-state index contributed by atoms with van der Waals surface area (Å²) >= 11 is 0. The highest BCUT2D eigenvalue weighted by molar-refractivity contribution is 6.00. The third-order valence-corrected chi connectivity index (χ3v) is 3.72. The summed E-state index contributed by atoms with van der Waals surface area (Å²) in [4.78, 5) is 35.9. The number of hydrogen-bond acceptors (Lipinski definition) is 3. The number of aryl methyl sites for hydroxylation is 1. The molecular formula is C16H21N3O3. The van der Waals surface area contributed by atoms with Crippen molar-refractivity contribution in [3.8, 4) is 0 Å². The molecule has 1 aromatic carbocycles. The smallest absolute Gasteiger partial charge is 0.227 e. The summed E-state index contributed by atoms with van der Waals surface area (Å²) < 4.78 is 0. The molecule has 0 spiro atoms. The monoisotopic (exact) mass is 303 g/mol. The highest BCUT2D eigenvalue weighted by Gasteiger charge is 2.34. The van der Waals surface area contributed by atoms with Gasteiger partial charge in [-0.3, -0.25) is 14.4 Å². The number of anilines is 1. The molecular weight excluding hydrogens is 282 g/mol. The number of rotatable bonds is 7. The first kappa shape index (κ1) is 16.0. The number of benzene rings is 1. The van der Waals surface area contributed by atoms with Gasteiger partial charge in [-0.25, -0.2) is 0 Å². The van der Waals surface area contributed by atoms with Crippen LogP contribution in [0.25, 0.3) is 0 Å². The molecule has 22 heavy (non-hydrogen) atoms. The summed E-state index contributed by atoms with van der Waals surface area (Å²) in [5.41, 5.74) is 1.97. The quantitative estimate of drug-likeness (QED) is 0.572. The molecule has 1 aromatic rings. The van der Waals surface area contributed by atoms with Gasteiger partial charge < -0.3 is 15.5 Å². The van der Waals surface area contributed by atoms with E-state index in [0.717, 1.165) is 11.3 Å². The summed E-state index contributed by atoms with van der Waals surface area (Å²) in [6, 6.07) is 7.71. The molecule has 3 amide bonds. The fourth-order valence-corrected chi connectivity index (χ4v) is 2.46. The van der Waals surface area contributed by atoms with Crippen LogP contribution in [-0.4, -0.2) is 37.9 Å². The molecule has 0 radical (unpaired) electrons. The summed E-state index contributed by atoms with van der Waals surface area (Å²) in [5, 5.41) is 5.35. The van der Waals surface area contributed by atoms with Crippen molar-refractivity contribution in [2.45, 2.75) is 19.8 Å². The normalized spacial score (nSPS) is 17.4. The minimum absolute atomic E-state index is 0.0216. The Morgan fingerprint density at radius 2 is 2.05 bits per heavy atom. The largest absolute Gasteiger partial charge is 0.359 e. The zero-order valence-corrected chi connectivity index (χ0v) is 12.7. The summed E-state index contributed by atoms with van der Waals surface area (Å²) in [6.45, 7) is 3.43. The van der Waals surface area contributed by atoms with Gasteiger partial charge in [0.15, 0.2) is 0 Å². The van der Waals surface area contributed by atoms with Crippen LogP contribution in [0.1, 0.15) is 18.4 Å². The van der Waals surface area contributed by atoms with E-state index < -0.39 is 0 Å². The molecule has 0 aliphatic carbocycles. The lowest BCUT2D eigenvalue weighted by Crippen LogP contribution is -2.34. The average molecular weight is 303 g/mol. The maximum atomic E-state index is 12.1. The second-order valence-corrected chi connectivity index (χ2v) is 5.46. The van der Waals surface area contributed by atoms with E-state index in [1.54, 1.807) is 4.90 Å². The van der Waals surface area contributed by atoms with E-state index >= 15 is 0 Å². The molecule has 6 nitrogen and oxygen atoms in total. The second-order valence-electron chi connectivity index (χ2n) is 5.46. The van der Waals surface area contributed by atoms with E-state index in [1.807, 2.05) is 31.2 Å². The Balaban J connectivity index is 1.84. The molecule has 0 saturated carbocycles. The molecule has 1 aliphatic heterocycles. The maximum absolute atomic E-state index is 12.1. The van der Waals surface area contributed by atoms with E-state index in [-0.39, 0.29) is 24.2 Å². The minimum atomic E-state index is -0.312. The van der Waals surface area contributed by atoms with Gasteiger partial charge in [-0.05, 0) is 25.5 Å². The lowest BCUT2D eigenvalue weighted by atomic mass is 10.1. The number of nitrogens with zero attached hydrogens (tertiary/aromatic N) is 1. The van der Waals surface area contributed by atoms with Gasteiger partial charge in [0.1, 0.15) is 0 Å². The zero-order valence-electron chi connectivity index (χ0n) is 12.7. The Morgan fingerprint density at radius 1 is 1.32 bits per heavy atom. The van der Waals surface area contributed by atoms with Crippen LogP contribution in [0, 0.1) is 12.8 Å². The van der Waals surface area contributed by atoms with Crippen LogP contribution < -0.4 is 15.5 Å². The van der Waals surface area contributed by atoms with Gasteiger partial charge in [0.05, 0.1) is 5.92 Å². The van der Waals surface area contributed by atoms with E-state index in [9.17, 15) is 14.4 Å². The summed E-state index contributed by atoms with van der Waals surface area (Å²) in [7, 11) is 0. The molecule has 1 saturated heterocycles.